The number of aliphatic carboxylic acids is 2. The fourth-order valence-corrected chi connectivity index (χ4v) is 5.28. The third-order valence-electron chi connectivity index (χ3n) is 7.97. The van der Waals surface area contributed by atoms with Gasteiger partial charge in [0.05, 0.1) is 0 Å². The Balaban J connectivity index is -0.000000326. The van der Waals surface area contributed by atoms with Crippen molar-refractivity contribution in [3.63, 3.8) is 0 Å². The van der Waals surface area contributed by atoms with Gasteiger partial charge in [-0.3, -0.25) is 0 Å². The van der Waals surface area contributed by atoms with E-state index in [2.05, 4.69) is 19.6 Å². The number of carboxylic acids is 2. The van der Waals surface area contributed by atoms with E-state index in [-0.39, 0.29) is 32.3 Å². The van der Waals surface area contributed by atoms with E-state index in [9.17, 15) is 19.8 Å². The first-order chi connectivity index (χ1) is 21.0. The zero-order valence-corrected chi connectivity index (χ0v) is 32.5. The largest absolute Gasteiger partial charge is 2.00 e. The minimum atomic E-state index is -0.903. The van der Waals surface area contributed by atoms with Crippen molar-refractivity contribution in [2.75, 3.05) is 0 Å². The molecular weight excluding hydrogens is 602 g/mol. The fourth-order valence-electron chi connectivity index (χ4n) is 5.28. The van der Waals surface area contributed by atoms with Crippen LogP contribution in [0.15, 0.2) is 0 Å². The van der Waals surface area contributed by atoms with Crippen LogP contribution in [0.25, 0.3) is 0 Å². The Labute approximate surface area is 286 Å². The molecule has 0 unspecified atom stereocenters. The summed E-state index contributed by atoms with van der Waals surface area (Å²) in [5.74, 6) is -1.81. The van der Waals surface area contributed by atoms with Crippen molar-refractivity contribution in [2.45, 2.75) is 219 Å². The number of nitrogens with zero attached hydrogens (tertiary/aromatic N) is 1. The molecule has 0 bridgehead atoms. The minimum absolute atomic E-state index is 0. The minimum Gasteiger partial charge on any atom is -0.550 e. The van der Waals surface area contributed by atoms with Crippen molar-refractivity contribution in [1.82, 2.24) is 0 Å². The molecule has 0 atom stereocenters. The van der Waals surface area contributed by atoms with Crippen LogP contribution in [0.1, 0.15) is 219 Å². The molecule has 0 saturated carbocycles. The van der Waals surface area contributed by atoms with Crippen LogP contribution in [0.5, 0.6) is 0 Å². The Morgan fingerprint density at radius 1 is 0.432 bits per heavy atom. The van der Waals surface area contributed by atoms with Gasteiger partial charge in [0.2, 0.25) is 0 Å². The Bertz CT molecular complexity index is 540. The molecule has 44 heavy (non-hydrogen) atoms. The maximum atomic E-state index is 10.2. The zero-order valence-electron chi connectivity index (χ0n) is 29.5. The smallest absolute Gasteiger partial charge is 0.550 e. The summed E-state index contributed by atoms with van der Waals surface area (Å²) in [4.78, 5) is 20.4. The Morgan fingerprint density at radius 3 is 0.705 bits per heavy atom. The predicted molar refractivity (Wildman–Crippen MR) is 179 cm³/mol. The van der Waals surface area contributed by atoms with Gasteiger partial charge in [-0.05, 0) is 25.7 Å². The molecule has 6 nitrogen and oxygen atoms in total. The first-order valence-corrected chi connectivity index (χ1v) is 18.5. The average Bonchev–Trinajstić information content (AvgIpc) is 2.97. The van der Waals surface area contributed by atoms with Crippen LogP contribution in [0.3, 0.4) is 0 Å². The van der Waals surface area contributed by atoms with Crippen molar-refractivity contribution >= 4 is 11.9 Å². The van der Waals surface area contributed by atoms with Gasteiger partial charge < -0.3 is 25.5 Å². The molecule has 0 aromatic heterocycles. The predicted octanol–water partition coefficient (Wildman–Crippen LogP) is 9.42. The molecule has 0 aliphatic carbocycles. The van der Waals surface area contributed by atoms with Crippen molar-refractivity contribution in [1.29, 1.82) is 5.26 Å². The number of hydrogen-bond acceptors (Lipinski definition) is 6. The molecule has 0 aliphatic heterocycles. The van der Waals surface area contributed by atoms with E-state index in [4.69, 9.17) is 5.26 Å². The number of carbonyl (C=O) groups is 2. The topological polar surface area (TPSA) is 130 Å². The summed E-state index contributed by atoms with van der Waals surface area (Å²) in [5, 5.41) is 27.5. The van der Waals surface area contributed by atoms with E-state index in [0.717, 1.165) is 25.7 Å². The molecular formula is C37H72N2O4Zn. The number of nitriles is 1. The van der Waals surface area contributed by atoms with Gasteiger partial charge in [-0.2, -0.15) is 5.26 Å². The molecule has 2 N–H and O–H groups in total. The Kier molecular flexibility index (Phi) is 55.1. The molecule has 0 spiro atoms. The number of carboxylic acid groups (broad SMARTS) is 2. The Hall–Kier alpha value is -1.15. The molecule has 0 aromatic rings. The first kappa shape index (κ1) is 49.7. The second kappa shape index (κ2) is 48.8. The summed E-state index contributed by atoms with van der Waals surface area (Å²) in [6.45, 7) is 4.53. The van der Waals surface area contributed by atoms with Gasteiger partial charge in [-0.25, -0.2) is 0 Å². The molecule has 0 heterocycles. The summed E-state index contributed by atoms with van der Waals surface area (Å²) in [6, 6.07) is 0. The fraction of sp³-hybridized carbons (Fsp3) is 0.919. The van der Waals surface area contributed by atoms with Gasteiger partial charge in [0.25, 0.3) is 0 Å². The molecule has 256 valence electrons. The van der Waals surface area contributed by atoms with Crippen molar-refractivity contribution in [3.8, 4) is 6.19 Å². The van der Waals surface area contributed by atoms with Crippen LogP contribution >= 0.6 is 0 Å². The number of unbranched alkanes of at least 4 members (excludes halogenated alkanes) is 28. The second-order valence-corrected chi connectivity index (χ2v) is 12.3. The molecule has 0 radical (unpaired) electrons. The van der Waals surface area contributed by atoms with Crippen LogP contribution < -0.4 is 15.9 Å². The van der Waals surface area contributed by atoms with Gasteiger partial charge in [0.15, 0.2) is 6.19 Å². The van der Waals surface area contributed by atoms with E-state index in [1.165, 1.54) is 173 Å². The molecule has 7 heteroatoms. The third kappa shape index (κ3) is 60.1. The van der Waals surface area contributed by atoms with E-state index in [0.29, 0.717) is 0 Å². The van der Waals surface area contributed by atoms with Crippen LogP contribution in [0, 0.1) is 11.5 Å². The standard InChI is InChI=1S/2C18H36O2.CH2N2.Zn/c2*1-2-3-4-5-6-7-8-9-10-11-12-13-14-15-16-17-18(19)20;2-1-3;/h2*2-17H2,1H3,(H,19,20);2H2;/q;;;+2/p-2. The molecule has 0 aliphatic rings. The summed E-state index contributed by atoms with van der Waals surface area (Å²) in [7, 11) is 0. The summed E-state index contributed by atoms with van der Waals surface area (Å²) in [5.41, 5.74) is 4.15. The third-order valence-corrected chi connectivity index (χ3v) is 7.97. The van der Waals surface area contributed by atoms with Crippen LogP contribution in [-0.4, -0.2) is 11.9 Å². The number of hydrogen-bond donors (Lipinski definition) is 1. The van der Waals surface area contributed by atoms with Gasteiger partial charge in [-0.15, -0.1) is 0 Å². The molecule has 0 amide bonds. The zero-order chi connectivity index (χ0) is 32.5. The van der Waals surface area contributed by atoms with Crippen molar-refractivity contribution < 1.29 is 39.3 Å². The monoisotopic (exact) mass is 672 g/mol. The van der Waals surface area contributed by atoms with Crippen LogP contribution in [-0.2, 0) is 29.1 Å². The summed E-state index contributed by atoms with van der Waals surface area (Å²) < 4.78 is 0. The van der Waals surface area contributed by atoms with Crippen LogP contribution in [0.4, 0.5) is 0 Å². The average molecular weight is 674 g/mol. The van der Waals surface area contributed by atoms with Gasteiger partial charge in [0.1, 0.15) is 0 Å². The van der Waals surface area contributed by atoms with E-state index < -0.39 is 11.9 Å². The van der Waals surface area contributed by atoms with Crippen LogP contribution in [0.2, 0.25) is 0 Å². The van der Waals surface area contributed by atoms with E-state index >= 15 is 0 Å². The normalized spacial score (nSPS) is 10.0. The van der Waals surface area contributed by atoms with E-state index in [1.807, 2.05) is 0 Å². The number of rotatable bonds is 32. The SMILES string of the molecule is CCCCCCCCCCCCCCCCCC(=O)[O-].CCCCCCCCCCCCCCCCCC(=O)[O-].N#CN.[Zn+2]. The number of carbonyl (C=O) groups excluding carboxylic acids is 2. The van der Waals surface area contributed by atoms with Gasteiger partial charge in [-0.1, -0.05) is 194 Å². The van der Waals surface area contributed by atoms with Gasteiger partial charge in [0, 0.05) is 11.9 Å². The Morgan fingerprint density at radius 2 is 0.568 bits per heavy atom. The number of nitrogens with two attached hydrogens (primary N) is 1. The van der Waals surface area contributed by atoms with Crippen molar-refractivity contribution in [3.05, 3.63) is 0 Å². The maximum Gasteiger partial charge on any atom is 2.00 e. The molecule has 0 rings (SSSR count). The summed E-state index contributed by atoms with van der Waals surface area (Å²) in [6.07, 6.45) is 41.0. The van der Waals surface area contributed by atoms with Crippen molar-refractivity contribution in [2.24, 2.45) is 5.73 Å². The maximum absolute atomic E-state index is 10.2. The molecule has 0 aromatic carbocycles. The quantitative estimate of drug-likeness (QED) is 0.0328. The van der Waals surface area contributed by atoms with E-state index in [1.54, 1.807) is 0 Å². The summed E-state index contributed by atoms with van der Waals surface area (Å²) >= 11 is 0. The molecule has 0 fully saturated rings. The molecule has 0 saturated heterocycles. The first-order valence-electron chi connectivity index (χ1n) is 18.5. The van der Waals surface area contributed by atoms with Gasteiger partial charge >= 0.3 is 19.5 Å². The second-order valence-electron chi connectivity index (χ2n) is 12.3.